The number of non-ortho nitro benzene ring substituents is 1. The van der Waals surface area contributed by atoms with Crippen LogP contribution in [0.2, 0.25) is 0 Å². The maximum absolute atomic E-state index is 12.7. The average Bonchev–Trinajstić information content (AvgIpc) is 3.16. The third-order valence-electron chi connectivity index (χ3n) is 3.93. The van der Waals surface area contributed by atoms with Crippen molar-refractivity contribution in [2.24, 2.45) is 5.10 Å². The SMILES string of the molecule is O=C(N/N=C\c1cccn1-c1ccc([N+](=O)[O-])cc1)c1cccc(C(F)(F)F)c1. The van der Waals surface area contributed by atoms with Gasteiger partial charge in [-0.2, -0.15) is 18.3 Å². The Bertz CT molecular complexity index is 1070. The lowest BCUT2D eigenvalue weighted by Crippen LogP contribution is -2.18. The van der Waals surface area contributed by atoms with Crippen molar-refractivity contribution in [3.8, 4) is 5.69 Å². The van der Waals surface area contributed by atoms with Gasteiger partial charge in [-0.1, -0.05) is 6.07 Å². The number of carbonyl (C=O) groups is 1. The van der Waals surface area contributed by atoms with Crippen LogP contribution in [-0.4, -0.2) is 21.6 Å². The minimum absolute atomic E-state index is 0.0514. The highest BCUT2D eigenvalue weighted by Gasteiger charge is 2.30. The highest BCUT2D eigenvalue weighted by Crippen LogP contribution is 2.29. The fourth-order valence-corrected chi connectivity index (χ4v) is 2.53. The number of rotatable bonds is 5. The Labute approximate surface area is 162 Å². The Morgan fingerprint density at radius 2 is 1.83 bits per heavy atom. The molecule has 0 saturated carbocycles. The maximum Gasteiger partial charge on any atom is 0.416 e. The van der Waals surface area contributed by atoms with E-state index >= 15 is 0 Å². The molecule has 1 aromatic heterocycles. The Balaban J connectivity index is 1.73. The largest absolute Gasteiger partial charge is 0.416 e. The van der Waals surface area contributed by atoms with Gasteiger partial charge < -0.3 is 4.57 Å². The van der Waals surface area contributed by atoms with Crippen molar-refractivity contribution >= 4 is 17.8 Å². The van der Waals surface area contributed by atoms with Crippen molar-refractivity contribution in [3.63, 3.8) is 0 Å². The lowest BCUT2D eigenvalue weighted by molar-refractivity contribution is -0.384. The summed E-state index contributed by atoms with van der Waals surface area (Å²) in [5, 5.41) is 14.5. The first-order valence-corrected chi connectivity index (χ1v) is 8.18. The molecule has 0 unspecified atom stereocenters. The number of hydrogen-bond donors (Lipinski definition) is 1. The first-order valence-electron chi connectivity index (χ1n) is 8.18. The number of aromatic nitrogens is 1. The molecule has 0 aliphatic heterocycles. The van der Waals surface area contributed by atoms with E-state index in [0.717, 1.165) is 18.2 Å². The van der Waals surface area contributed by atoms with Crippen molar-refractivity contribution in [1.29, 1.82) is 0 Å². The van der Waals surface area contributed by atoms with Crippen LogP contribution in [-0.2, 0) is 6.18 Å². The molecule has 1 N–H and O–H groups in total. The number of halogens is 3. The summed E-state index contributed by atoms with van der Waals surface area (Å²) in [6, 6.07) is 13.2. The predicted molar refractivity (Wildman–Crippen MR) is 98.9 cm³/mol. The topological polar surface area (TPSA) is 89.5 Å². The quantitative estimate of drug-likeness (QED) is 0.395. The normalized spacial score (nSPS) is 11.6. The number of nitro benzene ring substituents is 1. The van der Waals surface area contributed by atoms with E-state index in [-0.39, 0.29) is 11.3 Å². The number of nitro groups is 1. The summed E-state index contributed by atoms with van der Waals surface area (Å²) in [7, 11) is 0. The third kappa shape index (κ3) is 4.67. The number of hydrazone groups is 1. The minimum Gasteiger partial charge on any atom is -0.316 e. The van der Waals surface area contributed by atoms with Gasteiger partial charge in [0.15, 0.2) is 0 Å². The smallest absolute Gasteiger partial charge is 0.316 e. The van der Waals surface area contributed by atoms with Crippen LogP contribution in [0.15, 0.2) is 72.0 Å². The zero-order chi connectivity index (χ0) is 21.0. The molecule has 0 aliphatic carbocycles. The maximum atomic E-state index is 12.7. The van der Waals surface area contributed by atoms with Gasteiger partial charge >= 0.3 is 6.18 Å². The van der Waals surface area contributed by atoms with Crippen molar-refractivity contribution in [1.82, 2.24) is 9.99 Å². The summed E-state index contributed by atoms with van der Waals surface area (Å²) in [4.78, 5) is 22.3. The van der Waals surface area contributed by atoms with Gasteiger partial charge in [-0.05, 0) is 42.5 Å². The molecular formula is C19H13F3N4O3. The lowest BCUT2D eigenvalue weighted by Gasteiger charge is -2.08. The van der Waals surface area contributed by atoms with Crippen LogP contribution < -0.4 is 5.43 Å². The number of nitrogens with one attached hydrogen (secondary N) is 1. The van der Waals surface area contributed by atoms with Crippen LogP contribution in [0, 0.1) is 10.1 Å². The molecule has 10 heteroatoms. The Kier molecular flexibility index (Phi) is 5.44. The number of hydrogen-bond acceptors (Lipinski definition) is 4. The van der Waals surface area contributed by atoms with Gasteiger partial charge in [-0.3, -0.25) is 14.9 Å². The number of amides is 1. The zero-order valence-electron chi connectivity index (χ0n) is 14.6. The average molecular weight is 402 g/mol. The molecule has 0 aliphatic rings. The molecule has 0 fully saturated rings. The zero-order valence-corrected chi connectivity index (χ0v) is 14.6. The first-order chi connectivity index (χ1) is 13.8. The highest BCUT2D eigenvalue weighted by atomic mass is 19.4. The highest BCUT2D eigenvalue weighted by molar-refractivity contribution is 5.95. The second-order valence-electron chi connectivity index (χ2n) is 5.85. The minimum atomic E-state index is -4.55. The number of alkyl halides is 3. The van der Waals surface area contributed by atoms with Crippen LogP contribution >= 0.6 is 0 Å². The van der Waals surface area contributed by atoms with E-state index in [0.29, 0.717) is 11.4 Å². The third-order valence-corrected chi connectivity index (χ3v) is 3.93. The summed E-state index contributed by atoms with van der Waals surface area (Å²) in [5.41, 5.74) is 2.20. The van der Waals surface area contributed by atoms with Crippen LogP contribution in [0.25, 0.3) is 5.69 Å². The van der Waals surface area contributed by atoms with Crippen LogP contribution in [0.5, 0.6) is 0 Å². The monoisotopic (exact) mass is 402 g/mol. The summed E-state index contributed by atoms with van der Waals surface area (Å²) in [6.45, 7) is 0. The number of benzene rings is 2. The lowest BCUT2D eigenvalue weighted by atomic mass is 10.1. The molecular weight excluding hydrogens is 389 g/mol. The molecule has 1 heterocycles. The molecule has 0 radical (unpaired) electrons. The van der Waals surface area contributed by atoms with Gasteiger partial charge in [0.1, 0.15) is 0 Å². The summed E-state index contributed by atoms with van der Waals surface area (Å²) in [6.07, 6.45) is -1.55. The molecule has 0 spiro atoms. The van der Waals surface area contributed by atoms with Crippen LogP contribution in [0.3, 0.4) is 0 Å². The van der Waals surface area contributed by atoms with E-state index in [1.165, 1.54) is 24.4 Å². The van der Waals surface area contributed by atoms with Crippen molar-refractivity contribution in [2.75, 3.05) is 0 Å². The molecule has 0 bridgehead atoms. The number of nitrogens with zero attached hydrogens (tertiary/aromatic N) is 3. The van der Waals surface area contributed by atoms with E-state index < -0.39 is 22.6 Å². The summed E-state index contributed by atoms with van der Waals surface area (Å²) < 4.78 is 39.9. The Hall–Kier alpha value is -3.95. The molecule has 29 heavy (non-hydrogen) atoms. The standard InChI is InChI=1S/C19H13F3N4O3/c20-19(21,22)14-4-1-3-13(11-14)18(27)24-23-12-17-5-2-10-25(17)15-6-8-16(9-7-15)26(28)29/h1-12H,(H,24,27)/b23-12-. The summed E-state index contributed by atoms with van der Waals surface area (Å²) in [5.74, 6) is -0.791. The van der Waals surface area contributed by atoms with E-state index in [9.17, 15) is 28.1 Å². The van der Waals surface area contributed by atoms with E-state index in [4.69, 9.17) is 0 Å². The van der Waals surface area contributed by atoms with Crippen molar-refractivity contribution in [3.05, 3.63) is 93.8 Å². The van der Waals surface area contributed by atoms with Gasteiger partial charge in [0.25, 0.3) is 11.6 Å². The molecule has 0 atom stereocenters. The predicted octanol–water partition coefficient (Wildman–Crippen LogP) is 4.17. The van der Waals surface area contributed by atoms with Crippen molar-refractivity contribution in [2.45, 2.75) is 6.18 Å². The second kappa shape index (κ2) is 7.97. The van der Waals surface area contributed by atoms with E-state index in [1.807, 2.05) is 0 Å². The van der Waals surface area contributed by atoms with Gasteiger partial charge in [0, 0.05) is 29.6 Å². The second-order valence-corrected chi connectivity index (χ2v) is 5.85. The van der Waals surface area contributed by atoms with E-state index in [1.54, 1.807) is 35.0 Å². The fraction of sp³-hybridized carbons (Fsp3) is 0.0526. The fourth-order valence-electron chi connectivity index (χ4n) is 2.53. The molecule has 1 amide bonds. The molecule has 3 rings (SSSR count). The molecule has 3 aromatic rings. The molecule has 7 nitrogen and oxygen atoms in total. The van der Waals surface area contributed by atoms with E-state index in [2.05, 4.69) is 10.5 Å². The molecule has 2 aromatic carbocycles. The Morgan fingerprint density at radius 1 is 1.10 bits per heavy atom. The summed E-state index contributed by atoms with van der Waals surface area (Å²) >= 11 is 0. The molecule has 0 saturated heterocycles. The Morgan fingerprint density at radius 3 is 2.48 bits per heavy atom. The van der Waals surface area contributed by atoms with Gasteiger partial charge in [-0.15, -0.1) is 0 Å². The van der Waals surface area contributed by atoms with Gasteiger partial charge in [-0.25, -0.2) is 5.43 Å². The first kappa shape index (κ1) is 19.8. The van der Waals surface area contributed by atoms with Gasteiger partial charge in [0.2, 0.25) is 0 Å². The van der Waals surface area contributed by atoms with Gasteiger partial charge in [0.05, 0.1) is 22.4 Å². The molecule has 148 valence electrons. The van der Waals surface area contributed by atoms with Crippen LogP contribution in [0.1, 0.15) is 21.6 Å². The van der Waals surface area contributed by atoms with Crippen LogP contribution in [0.4, 0.5) is 18.9 Å². The number of carbonyl (C=O) groups excluding carboxylic acids is 1. The van der Waals surface area contributed by atoms with Crippen molar-refractivity contribution < 1.29 is 22.9 Å².